The Labute approximate surface area is 123 Å². The summed E-state index contributed by atoms with van der Waals surface area (Å²) in [5, 5.41) is 0. The van der Waals surface area contributed by atoms with Gasteiger partial charge in [0.1, 0.15) is 6.04 Å². The minimum absolute atomic E-state index is 0.0790. The van der Waals surface area contributed by atoms with E-state index in [9.17, 15) is 18.0 Å². The lowest BCUT2D eigenvalue weighted by Gasteiger charge is -2.39. The van der Waals surface area contributed by atoms with E-state index in [0.29, 0.717) is 4.47 Å². The second kappa shape index (κ2) is 5.73. The van der Waals surface area contributed by atoms with E-state index >= 15 is 0 Å². The molecule has 1 aliphatic heterocycles. The molecule has 3 nitrogen and oxygen atoms in total. The molecular formula is C13H14BrF3N2O. The summed E-state index contributed by atoms with van der Waals surface area (Å²) in [6, 6.07) is 4.26. The van der Waals surface area contributed by atoms with Crippen molar-refractivity contribution < 1.29 is 18.0 Å². The van der Waals surface area contributed by atoms with Crippen LogP contribution in [0.2, 0.25) is 0 Å². The standard InChI is InChI=1S/C13H14BrF3N2O/c14-10-4-2-1-3-9(10)12(20)19-7-8(18)5-6-11(19)13(15,16)17/h1-4,8,11H,5-7,18H2/t8-,11-/m1/s1. The van der Waals surface area contributed by atoms with Crippen LogP contribution >= 0.6 is 15.9 Å². The summed E-state index contributed by atoms with van der Waals surface area (Å²) in [6.07, 6.45) is -4.32. The van der Waals surface area contributed by atoms with Gasteiger partial charge in [0.15, 0.2) is 0 Å². The third-order valence-corrected chi connectivity index (χ3v) is 4.05. The Morgan fingerprint density at radius 2 is 1.95 bits per heavy atom. The number of carbonyl (C=O) groups excluding carboxylic acids is 1. The lowest BCUT2D eigenvalue weighted by Crippen LogP contribution is -2.56. The Morgan fingerprint density at radius 3 is 2.55 bits per heavy atom. The fraction of sp³-hybridized carbons (Fsp3) is 0.462. The van der Waals surface area contributed by atoms with Crippen molar-refractivity contribution >= 4 is 21.8 Å². The normalized spacial score (nSPS) is 23.8. The zero-order chi connectivity index (χ0) is 14.9. The van der Waals surface area contributed by atoms with Gasteiger partial charge in [-0.15, -0.1) is 0 Å². The number of halogens is 4. The molecule has 1 aromatic rings. The van der Waals surface area contributed by atoms with Crippen LogP contribution in [0.3, 0.4) is 0 Å². The first-order valence-electron chi connectivity index (χ1n) is 6.18. The van der Waals surface area contributed by atoms with Gasteiger partial charge >= 0.3 is 6.18 Å². The second-order valence-electron chi connectivity index (χ2n) is 4.83. The van der Waals surface area contributed by atoms with Crippen molar-refractivity contribution in [2.24, 2.45) is 5.73 Å². The number of carbonyl (C=O) groups is 1. The summed E-state index contributed by atoms with van der Waals surface area (Å²) in [5.74, 6) is -0.644. The Balaban J connectivity index is 2.31. The molecule has 7 heteroatoms. The van der Waals surface area contributed by atoms with Gasteiger partial charge in [-0.1, -0.05) is 12.1 Å². The lowest BCUT2D eigenvalue weighted by atomic mass is 9.97. The molecule has 0 bridgehead atoms. The van der Waals surface area contributed by atoms with Crippen LogP contribution in [-0.2, 0) is 0 Å². The summed E-state index contributed by atoms with van der Waals surface area (Å²) in [7, 11) is 0. The van der Waals surface area contributed by atoms with Crippen molar-refractivity contribution in [2.75, 3.05) is 6.54 Å². The van der Waals surface area contributed by atoms with Gasteiger partial charge in [0.05, 0.1) is 5.56 Å². The first kappa shape index (κ1) is 15.3. The van der Waals surface area contributed by atoms with Gasteiger partial charge in [0.25, 0.3) is 5.91 Å². The Hall–Kier alpha value is -1.08. The van der Waals surface area contributed by atoms with E-state index < -0.39 is 24.2 Å². The number of hydrogen-bond acceptors (Lipinski definition) is 2. The molecule has 1 heterocycles. The molecule has 2 atom stereocenters. The zero-order valence-corrected chi connectivity index (χ0v) is 12.1. The summed E-state index contributed by atoms with van der Waals surface area (Å²) in [4.78, 5) is 13.2. The van der Waals surface area contributed by atoms with Crippen LogP contribution in [0.1, 0.15) is 23.2 Å². The Kier molecular flexibility index (Phi) is 4.39. The van der Waals surface area contributed by atoms with Crippen molar-refractivity contribution in [1.82, 2.24) is 4.90 Å². The topological polar surface area (TPSA) is 46.3 Å². The van der Waals surface area contributed by atoms with Crippen molar-refractivity contribution in [1.29, 1.82) is 0 Å². The van der Waals surface area contributed by atoms with E-state index in [1.54, 1.807) is 18.2 Å². The van der Waals surface area contributed by atoms with Gasteiger partial charge in [-0.05, 0) is 40.9 Å². The lowest BCUT2D eigenvalue weighted by molar-refractivity contribution is -0.184. The molecule has 0 aromatic heterocycles. The minimum atomic E-state index is -4.43. The highest BCUT2D eigenvalue weighted by molar-refractivity contribution is 9.10. The van der Waals surface area contributed by atoms with Gasteiger partial charge in [0, 0.05) is 17.1 Å². The predicted molar refractivity (Wildman–Crippen MR) is 72.2 cm³/mol. The number of piperidine rings is 1. The molecule has 0 spiro atoms. The average molecular weight is 351 g/mol. The predicted octanol–water partition coefficient (Wildman–Crippen LogP) is 2.94. The maximum absolute atomic E-state index is 13.0. The van der Waals surface area contributed by atoms with E-state index in [-0.39, 0.29) is 24.9 Å². The number of alkyl halides is 3. The highest BCUT2D eigenvalue weighted by Crippen LogP contribution is 2.33. The summed E-state index contributed by atoms with van der Waals surface area (Å²) < 4.78 is 39.6. The number of rotatable bonds is 1. The minimum Gasteiger partial charge on any atom is -0.326 e. The molecule has 0 unspecified atom stereocenters. The molecule has 1 fully saturated rings. The smallest absolute Gasteiger partial charge is 0.326 e. The van der Waals surface area contributed by atoms with Crippen LogP contribution in [0.15, 0.2) is 28.7 Å². The van der Waals surface area contributed by atoms with Gasteiger partial charge in [-0.25, -0.2) is 0 Å². The maximum atomic E-state index is 13.0. The van der Waals surface area contributed by atoms with Crippen LogP contribution in [0, 0.1) is 0 Å². The van der Waals surface area contributed by atoms with E-state index in [2.05, 4.69) is 15.9 Å². The Bertz CT molecular complexity index is 507. The fourth-order valence-electron chi connectivity index (χ4n) is 2.35. The summed E-state index contributed by atoms with van der Waals surface area (Å²) >= 11 is 3.19. The van der Waals surface area contributed by atoms with Gasteiger partial charge in [-0.3, -0.25) is 4.79 Å². The number of benzene rings is 1. The SMILES string of the molecule is N[C@@H]1CC[C@H](C(F)(F)F)N(C(=O)c2ccccc2Br)C1. The molecular weight excluding hydrogens is 337 g/mol. The first-order chi connectivity index (χ1) is 9.30. The molecule has 1 aliphatic rings. The van der Waals surface area contributed by atoms with E-state index in [1.807, 2.05) is 0 Å². The summed E-state index contributed by atoms with van der Waals surface area (Å²) in [5.41, 5.74) is 5.93. The van der Waals surface area contributed by atoms with Crippen molar-refractivity contribution in [3.8, 4) is 0 Å². The highest BCUT2D eigenvalue weighted by atomic mass is 79.9. The van der Waals surface area contributed by atoms with Gasteiger partial charge in [-0.2, -0.15) is 13.2 Å². The molecule has 1 saturated heterocycles. The van der Waals surface area contributed by atoms with E-state index in [0.717, 1.165) is 4.90 Å². The number of likely N-dealkylation sites (tertiary alicyclic amines) is 1. The van der Waals surface area contributed by atoms with Crippen LogP contribution in [0.5, 0.6) is 0 Å². The molecule has 110 valence electrons. The van der Waals surface area contributed by atoms with Crippen molar-refractivity contribution in [3.05, 3.63) is 34.3 Å². The molecule has 0 saturated carbocycles. The third kappa shape index (κ3) is 3.15. The number of nitrogens with two attached hydrogens (primary N) is 1. The number of hydrogen-bond donors (Lipinski definition) is 1. The summed E-state index contributed by atoms with van der Waals surface area (Å²) in [6.45, 7) is -0.0790. The van der Waals surface area contributed by atoms with Crippen LogP contribution in [-0.4, -0.2) is 35.6 Å². The molecule has 1 amide bonds. The van der Waals surface area contributed by atoms with Crippen LogP contribution < -0.4 is 5.73 Å². The third-order valence-electron chi connectivity index (χ3n) is 3.36. The van der Waals surface area contributed by atoms with Crippen LogP contribution in [0.25, 0.3) is 0 Å². The Morgan fingerprint density at radius 1 is 1.30 bits per heavy atom. The molecule has 2 N–H and O–H groups in total. The zero-order valence-electron chi connectivity index (χ0n) is 10.5. The maximum Gasteiger partial charge on any atom is 0.408 e. The molecule has 20 heavy (non-hydrogen) atoms. The van der Waals surface area contributed by atoms with Crippen molar-refractivity contribution in [3.63, 3.8) is 0 Å². The van der Waals surface area contributed by atoms with Crippen molar-refractivity contribution in [2.45, 2.75) is 31.1 Å². The molecule has 1 aromatic carbocycles. The van der Waals surface area contributed by atoms with E-state index in [1.165, 1.54) is 6.07 Å². The first-order valence-corrected chi connectivity index (χ1v) is 6.98. The molecule has 2 rings (SSSR count). The van der Waals surface area contributed by atoms with Gasteiger partial charge in [0.2, 0.25) is 0 Å². The van der Waals surface area contributed by atoms with Crippen LogP contribution in [0.4, 0.5) is 13.2 Å². The number of amides is 1. The highest BCUT2D eigenvalue weighted by Gasteiger charge is 2.47. The molecule has 0 aliphatic carbocycles. The number of nitrogens with zero attached hydrogens (tertiary/aromatic N) is 1. The largest absolute Gasteiger partial charge is 0.408 e. The monoisotopic (exact) mass is 350 g/mol. The van der Waals surface area contributed by atoms with E-state index in [4.69, 9.17) is 5.73 Å². The fourth-order valence-corrected chi connectivity index (χ4v) is 2.81. The second-order valence-corrected chi connectivity index (χ2v) is 5.69. The average Bonchev–Trinajstić information content (AvgIpc) is 2.37. The van der Waals surface area contributed by atoms with Gasteiger partial charge < -0.3 is 10.6 Å². The molecule has 0 radical (unpaired) electrons. The quantitative estimate of drug-likeness (QED) is 0.846.